The monoisotopic (exact) mass is 204 g/mol. The molecule has 0 fully saturated rings. The Morgan fingerprint density at radius 1 is 1.20 bits per heavy atom. The summed E-state index contributed by atoms with van der Waals surface area (Å²) in [5, 5.41) is 6.38. The van der Waals surface area contributed by atoms with Crippen molar-refractivity contribution in [3.8, 4) is 0 Å². The zero-order chi connectivity index (χ0) is 11.3. The second kappa shape index (κ2) is 4.96. The molecule has 2 heteroatoms. The van der Waals surface area contributed by atoms with Crippen LogP contribution in [0.3, 0.4) is 0 Å². The second-order valence-corrected chi connectivity index (χ2v) is 4.68. The Hall–Kier alpha value is -1.31. The minimum absolute atomic E-state index is 0.0905. The van der Waals surface area contributed by atoms with E-state index < -0.39 is 0 Å². The van der Waals surface area contributed by atoms with Gasteiger partial charge in [-0.25, -0.2) is 0 Å². The van der Waals surface area contributed by atoms with Crippen LogP contribution in [-0.2, 0) is 6.42 Å². The van der Waals surface area contributed by atoms with Gasteiger partial charge in [-0.3, -0.25) is 5.01 Å². The predicted molar refractivity (Wildman–Crippen MR) is 66.2 cm³/mol. The van der Waals surface area contributed by atoms with Crippen LogP contribution < -0.4 is 0 Å². The SMILES string of the molecule is CN(/N=C/Cc1ccccc1)C(C)(C)C. The molecule has 0 unspecified atom stereocenters. The van der Waals surface area contributed by atoms with Gasteiger partial charge in [-0.05, 0) is 26.3 Å². The third kappa shape index (κ3) is 4.15. The summed E-state index contributed by atoms with van der Waals surface area (Å²) in [6.45, 7) is 6.44. The highest BCUT2D eigenvalue weighted by Gasteiger charge is 2.13. The molecule has 0 heterocycles. The van der Waals surface area contributed by atoms with E-state index in [4.69, 9.17) is 0 Å². The van der Waals surface area contributed by atoms with Crippen LogP contribution in [0.25, 0.3) is 0 Å². The van der Waals surface area contributed by atoms with Crippen molar-refractivity contribution < 1.29 is 0 Å². The van der Waals surface area contributed by atoms with Crippen molar-refractivity contribution >= 4 is 6.21 Å². The van der Waals surface area contributed by atoms with Crippen molar-refractivity contribution in [2.75, 3.05) is 7.05 Å². The van der Waals surface area contributed by atoms with Crippen molar-refractivity contribution in [2.45, 2.75) is 32.7 Å². The topological polar surface area (TPSA) is 15.6 Å². The van der Waals surface area contributed by atoms with E-state index in [-0.39, 0.29) is 5.54 Å². The Morgan fingerprint density at radius 3 is 2.33 bits per heavy atom. The van der Waals surface area contributed by atoms with Gasteiger partial charge >= 0.3 is 0 Å². The summed E-state index contributed by atoms with van der Waals surface area (Å²) in [7, 11) is 2.00. The lowest BCUT2D eigenvalue weighted by molar-refractivity contribution is 0.184. The fourth-order valence-electron chi connectivity index (χ4n) is 1.06. The summed E-state index contributed by atoms with van der Waals surface area (Å²) in [5.74, 6) is 0. The number of hydrazone groups is 1. The van der Waals surface area contributed by atoms with Gasteiger partial charge in [0, 0.05) is 25.2 Å². The normalized spacial score (nSPS) is 12.0. The van der Waals surface area contributed by atoms with E-state index in [1.54, 1.807) is 0 Å². The molecule has 0 atom stereocenters. The molecule has 0 aliphatic carbocycles. The zero-order valence-corrected chi connectivity index (χ0v) is 10.1. The molecule has 0 aromatic heterocycles. The molecule has 0 saturated carbocycles. The first-order chi connectivity index (χ1) is 7.00. The third-order valence-electron chi connectivity index (χ3n) is 2.40. The Morgan fingerprint density at radius 2 is 1.80 bits per heavy atom. The van der Waals surface area contributed by atoms with Gasteiger partial charge in [0.05, 0.1) is 0 Å². The van der Waals surface area contributed by atoms with Crippen LogP contribution in [0, 0.1) is 0 Å². The maximum absolute atomic E-state index is 4.40. The lowest BCUT2D eigenvalue weighted by Gasteiger charge is -2.28. The van der Waals surface area contributed by atoms with Gasteiger partial charge in [0.1, 0.15) is 0 Å². The molecule has 1 rings (SSSR count). The van der Waals surface area contributed by atoms with E-state index in [9.17, 15) is 0 Å². The van der Waals surface area contributed by atoms with Gasteiger partial charge in [-0.1, -0.05) is 30.3 Å². The highest BCUT2D eigenvalue weighted by molar-refractivity contribution is 5.61. The first-order valence-corrected chi connectivity index (χ1v) is 5.30. The fraction of sp³-hybridized carbons (Fsp3) is 0.462. The summed E-state index contributed by atoms with van der Waals surface area (Å²) < 4.78 is 0. The van der Waals surface area contributed by atoms with Crippen LogP contribution in [0.5, 0.6) is 0 Å². The average Bonchev–Trinajstić information content (AvgIpc) is 2.18. The van der Waals surface area contributed by atoms with E-state index in [0.717, 1.165) is 6.42 Å². The van der Waals surface area contributed by atoms with Crippen molar-refractivity contribution in [2.24, 2.45) is 5.10 Å². The third-order valence-corrected chi connectivity index (χ3v) is 2.40. The number of hydrogen-bond donors (Lipinski definition) is 0. The lowest BCUT2D eigenvalue weighted by Crippen LogP contribution is -2.33. The second-order valence-electron chi connectivity index (χ2n) is 4.68. The largest absolute Gasteiger partial charge is 0.295 e. The first kappa shape index (κ1) is 11.8. The predicted octanol–water partition coefficient (Wildman–Crippen LogP) is 2.95. The molecule has 15 heavy (non-hydrogen) atoms. The van der Waals surface area contributed by atoms with Gasteiger partial charge in [0.2, 0.25) is 0 Å². The van der Waals surface area contributed by atoms with Crippen LogP contribution in [0.15, 0.2) is 35.4 Å². The maximum Gasteiger partial charge on any atom is 0.0491 e. The molecule has 82 valence electrons. The molecule has 0 radical (unpaired) electrons. The maximum atomic E-state index is 4.40. The standard InChI is InChI=1S/C13H20N2/c1-13(2,3)15(4)14-11-10-12-8-6-5-7-9-12/h5-9,11H,10H2,1-4H3/b14-11+. The molecule has 1 aromatic carbocycles. The van der Waals surface area contributed by atoms with Crippen LogP contribution in [0.4, 0.5) is 0 Å². The van der Waals surface area contributed by atoms with E-state index in [1.165, 1.54) is 5.56 Å². The smallest absolute Gasteiger partial charge is 0.0491 e. The molecule has 1 aromatic rings. The molecular formula is C13H20N2. The average molecular weight is 204 g/mol. The molecule has 0 saturated heterocycles. The Kier molecular flexibility index (Phi) is 3.89. The minimum Gasteiger partial charge on any atom is -0.295 e. The lowest BCUT2D eigenvalue weighted by atomic mass is 10.1. The zero-order valence-electron chi connectivity index (χ0n) is 10.1. The number of nitrogens with zero attached hydrogens (tertiary/aromatic N) is 2. The number of rotatable bonds is 3. The highest BCUT2D eigenvalue weighted by atomic mass is 15.5. The summed E-state index contributed by atoms with van der Waals surface area (Å²) in [4.78, 5) is 0. The minimum atomic E-state index is 0.0905. The van der Waals surface area contributed by atoms with Gasteiger partial charge in [0.25, 0.3) is 0 Å². The Bertz CT molecular complexity index is 309. The molecular weight excluding hydrogens is 184 g/mol. The van der Waals surface area contributed by atoms with Gasteiger partial charge in [0.15, 0.2) is 0 Å². The summed E-state index contributed by atoms with van der Waals surface area (Å²) in [6, 6.07) is 10.4. The molecule has 0 N–H and O–H groups in total. The van der Waals surface area contributed by atoms with E-state index >= 15 is 0 Å². The molecule has 0 aliphatic rings. The van der Waals surface area contributed by atoms with Crippen molar-refractivity contribution in [3.63, 3.8) is 0 Å². The van der Waals surface area contributed by atoms with Crippen LogP contribution in [0.1, 0.15) is 26.3 Å². The van der Waals surface area contributed by atoms with Crippen LogP contribution in [-0.4, -0.2) is 23.8 Å². The Labute approximate surface area is 92.6 Å². The van der Waals surface area contributed by atoms with Gasteiger partial charge in [-0.15, -0.1) is 0 Å². The van der Waals surface area contributed by atoms with Crippen molar-refractivity contribution in [3.05, 3.63) is 35.9 Å². The summed E-state index contributed by atoms with van der Waals surface area (Å²) in [5.41, 5.74) is 1.39. The number of hydrogen-bond acceptors (Lipinski definition) is 2. The summed E-state index contributed by atoms with van der Waals surface area (Å²) >= 11 is 0. The quantitative estimate of drug-likeness (QED) is 0.546. The van der Waals surface area contributed by atoms with Gasteiger partial charge < -0.3 is 0 Å². The van der Waals surface area contributed by atoms with Crippen LogP contribution in [0.2, 0.25) is 0 Å². The molecule has 0 amide bonds. The summed E-state index contributed by atoms with van der Waals surface area (Å²) in [6.07, 6.45) is 2.85. The van der Waals surface area contributed by atoms with E-state index in [1.807, 2.05) is 24.3 Å². The molecule has 0 aliphatic heterocycles. The van der Waals surface area contributed by atoms with Crippen LogP contribution >= 0.6 is 0 Å². The highest BCUT2D eigenvalue weighted by Crippen LogP contribution is 2.09. The van der Waals surface area contributed by atoms with Crippen molar-refractivity contribution in [1.82, 2.24) is 5.01 Å². The molecule has 0 bridgehead atoms. The number of benzene rings is 1. The molecule has 2 nitrogen and oxygen atoms in total. The first-order valence-electron chi connectivity index (χ1n) is 5.30. The fourth-order valence-corrected chi connectivity index (χ4v) is 1.06. The van der Waals surface area contributed by atoms with Crippen molar-refractivity contribution in [1.29, 1.82) is 0 Å². The molecule has 0 spiro atoms. The van der Waals surface area contributed by atoms with E-state index in [0.29, 0.717) is 0 Å². The Balaban J connectivity index is 2.47. The van der Waals surface area contributed by atoms with E-state index in [2.05, 4.69) is 50.1 Å². The van der Waals surface area contributed by atoms with Gasteiger partial charge in [-0.2, -0.15) is 5.10 Å².